The van der Waals surface area contributed by atoms with Gasteiger partial charge in [-0.1, -0.05) is 30.3 Å². The van der Waals surface area contributed by atoms with Crippen LogP contribution in [-0.4, -0.2) is 32.6 Å². The van der Waals surface area contributed by atoms with E-state index in [4.69, 9.17) is 5.73 Å². The zero-order valence-corrected chi connectivity index (χ0v) is 12.8. The van der Waals surface area contributed by atoms with Gasteiger partial charge in [0.15, 0.2) is 0 Å². The third kappa shape index (κ3) is 4.38. The van der Waals surface area contributed by atoms with Gasteiger partial charge in [-0.25, -0.2) is 9.59 Å². The summed E-state index contributed by atoms with van der Waals surface area (Å²) in [6, 6.07) is 7.68. The van der Waals surface area contributed by atoms with Gasteiger partial charge in [-0.05, 0) is 12.0 Å². The number of amides is 1. The van der Waals surface area contributed by atoms with Gasteiger partial charge in [0, 0.05) is 0 Å². The van der Waals surface area contributed by atoms with Crippen molar-refractivity contribution in [3.8, 4) is 0 Å². The lowest BCUT2D eigenvalue weighted by molar-refractivity contribution is -0.144. The predicted molar refractivity (Wildman–Crippen MR) is 84.2 cm³/mol. The van der Waals surface area contributed by atoms with Crippen molar-refractivity contribution in [3.05, 3.63) is 68.7 Å². The van der Waals surface area contributed by atoms with E-state index < -0.39 is 41.2 Å². The van der Waals surface area contributed by atoms with Gasteiger partial charge in [-0.3, -0.25) is 19.1 Å². The first-order valence-corrected chi connectivity index (χ1v) is 7.13. The molecule has 2 atom stereocenters. The second-order valence-electron chi connectivity index (χ2n) is 5.19. The summed E-state index contributed by atoms with van der Waals surface area (Å²) in [7, 11) is 0. The first kappa shape index (κ1) is 18.1. The number of nitrogens with one attached hydrogen (secondary N) is 2. The molecule has 25 heavy (non-hydrogen) atoms. The van der Waals surface area contributed by atoms with Crippen molar-refractivity contribution in [2.45, 2.75) is 18.6 Å². The average molecular weight is 350 g/mol. The topological polar surface area (TPSA) is 147 Å². The molecule has 0 radical (unpaired) electrons. The van der Waals surface area contributed by atoms with Crippen molar-refractivity contribution < 1.29 is 19.1 Å². The summed E-state index contributed by atoms with van der Waals surface area (Å²) in [5, 5.41) is 11.3. The molecule has 10 heteroatoms. The normalized spacial score (nSPS) is 13.0. The minimum Gasteiger partial charge on any atom is -0.478 e. The number of aliphatic carboxylic acids is 1. The van der Waals surface area contributed by atoms with E-state index >= 15 is 0 Å². The maximum absolute atomic E-state index is 13.3. The molecule has 1 amide bonds. The molecule has 0 aliphatic rings. The van der Waals surface area contributed by atoms with Crippen molar-refractivity contribution in [1.29, 1.82) is 0 Å². The molecule has 2 aromatic rings. The number of H-pyrrole nitrogens is 1. The minimum atomic E-state index is -1.92. The van der Waals surface area contributed by atoms with Gasteiger partial charge in [0.2, 0.25) is 17.9 Å². The summed E-state index contributed by atoms with van der Waals surface area (Å²) in [6.45, 7) is 0. The van der Waals surface area contributed by atoms with Crippen LogP contribution in [0.3, 0.4) is 0 Å². The molecule has 1 aromatic heterocycles. The number of nitrogens with two attached hydrogens (primary N) is 1. The summed E-state index contributed by atoms with van der Waals surface area (Å²) in [4.78, 5) is 47.8. The molecular weight excluding hydrogens is 335 g/mol. The summed E-state index contributed by atoms with van der Waals surface area (Å²) < 4.78 is 13.7. The van der Waals surface area contributed by atoms with Crippen LogP contribution in [0, 0.1) is 5.82 Å². The Kier molecular flexibility index (Phi) is 5.45. The van der Waals surface area contributed by atoms with E-state index in [0.29, 0.717) is 10.8 Å². The van der Waals surface area contributed by atoms with Crippen LogP contribution in [0.2, 0.25) is 0 Å². The molecular formula is C15H15FN4O5. The molecule has 0 saturated heterocycles. The van der Waals surface area contributed by atoms with Crippen LogP contribution >= 0.6 is 0 Å². The summed E-state index contributed by atoms with van der Waals surface area (Å²) in [5.41, 5.74) is 4.02. The summed E-state index contributed by atoms with van der Waals surface area (Å²) in [5.74, 6) is -3.85. The summed E-state index contributed by atoms with van der Waals surface area (Å²) in [6.07, 6.45) is -1.38. The molecule has 0 spiro atoms. The van der Waals surface area contributed by atoms with Crippen LogP contribution in [0.4, 0.5) is 4.39 Å². The molecule has 1 heterocycles. The highest BCUT2D eigenvalue weighted by atomic mass is 19.1. The van der Waals surface area contributed by atoms with Crippen molar-refractivity contribution in [2.75, 3.05) is 0 Å². The van der Waals surface area contributed by atoms with E-state index in [1.165, 1.54) is 0 Å². The SMILES string of the molecule is N[C@@H](Cc1ccccc1)C(=O)N[C@@H](C(=O)O)n1cc(F)c(=O)[nH]c1=O. The lowest BCUT2D eigenvalue weighted by Crippen LogP contribution is -2.50. The molecule has 0 aliphatic heterocycles. The van der Waals surface area contributed by atoms with E-state index in [1.807, 2.05) is 0 Å². The Balaban J connectivity index is 2.20. The number of rotatable bonds is 6. The number of halogens is 1. The zero-order valence-electron chi connectivity index (χ0n) is 12.8. The van der Waals surface area contributed by atoms with Gasteiger partial charge in [-0.15, -0.1) is 0 Å². The zero-order chi connectivity index (χ0) is 18.6. The number of benzene rings is 1. The Morgan fingerprint density at radius 1 is 1.28 bits per heavy atom. The fraction of sp³-hybridized carbons (Fsp3) is 0.200. The maximum atomic E-state index is 13.3. The van der Waals surface area contributed by atoms with Gasteiger partial charge in [0.25, 0.3) is 5.56 Å². The number of carboxylic acid groups (broad SMARTS) is 1. The number of nitrogens with zero attached hydrogens (tertiary/aromatic N) is 1. The molecule has 1 aromatic carbocycles. The largest absolute Gasteiger partial charge is 0.478 e. The molecule has 9 nitrogen and oxygen atoms in total. The van der Waals surface area contributed by atoms with Gasteiger partial charge in [0.1, 0.15) is 0 Å². The van der Waals surface area contributed by atoms with E-state index in [9.17, 15) is 28.7 Å². The number of hydrogen-bond donors (Lipinski definition) is 4. The number of carboxylic acids is 1. The van der Waals surface area contributed by atoms with Gasteiger partial charge >= 0.3 is 11.7 Å². The van der Waals surface area contributed by atoms with E-state index in [2.05, 4.69) is 5.32 Å². The molecule has 0 aliphatic carbocycles. The Hall–Kier alpha value is -3.27. The Morgan fingerprint density at radius 3 is 2.52 bits per heavy atom. The molecule has 0 fully saturated rings. The van der Waals surface area contributed by atoms with Crippen molar-refractivity contribution >= 4 is 11.9 Å². The smallest absolute Gasteiger partial charge is 0.347 e. The Bertz CT molecular complexity index is 893. The third-order valence-corrected chi connectivity index (χ3v) is 3.35. The highest BCUT2D eigenvalue weighted by Crippen LogP contribution is 2.04. The third-order valence-electron chi connectivity index (χ3n) is 3.35. The lowest BCUT2D eigenvalue weighted by atomic mass is 10.1. The number of aromatic amines is 1. The van der Waals surface area contributed by atoms with E-state index in [1.54, 1.807) is 35.3 Å². The van der Waals surface area contributed by atoms with Gasteiger partial charge < -0.3 is 16.2 Å². The molecule has 0 bridgehead atoms. The molecule has 2 rings (SSSR count). The van der Waals surface area contributed by atoms with Gasteiger partial charge in [-0.2, -0.15) is 4.39 Å². The Labute approximate surface area is 139 Å². The number of carbonyl (C=O) groups is 2. The van der Waals surface area contributed by atoms with Crippen LogP contribution in [0.15, 0.2) is 46.1 Å². The molecule has 5 N–H and O–H groups in total. The minimum absolute atomic E-state index is 0.133. The molecule has 0 unspecified atom stereocenters. The first-order chi connectivity index (χ1) is 11.8. The van der Waals surface area contributed by atoms with E-state index in [0.717, 1.165) is 5.56 Å². The first-order valence-electron chi connectivity index (χ1n) is 7.13. The van der Waals surface area contributed by atoms with E-state index in [-0.39, 0.29) is 6.42 Å². The molecule has 132 valence electrons. The fourth-order valence-corrected chi connectivity index (χ4v) is 2.11. The van der Waals surface area contributed by atoms with Crippen LogP contribution < -0.4 is 22.3 Å². The van der Waals surface area contributed by atoms with Crippen LogP contribution in [-0.2, 0) is 16.0 Å². The number of carbonyl (C=O) groups excluding carboxylic acids is 1. The van der Waals surface area contributed by atoms with Crippen LogP contribution in [0.25, 0.3) is 0 Å². The molecule has 0 saturated carbocycles. The fourth-order valence-electron chi connectivity index (χ4n) is 2.11. The lowest BCUT2D eigenvalue weighted by Gasteiger charge is -2.19. The van der Waals surface area contributed by atoms with Crippen molar-refractivity contribution in [2.24, 2.45) is 5.73 Å². The quantitative estimate of drug-likeness (QED) is 0.522. The number of hydrogen-bond acceptors (Lipinski definition) is 5. The summed E-state index contributed by atoms with van der Waals surface area (Å²) >= 11 is 0. The van der Waals surface area contributed by atoms with Crippen molar-refractivity contribution in [3.63, 3.8) is 0 Å². The average Bonchev–Trinajstić information content (AvgIpc) is 2.56. The maximum Gasteiger partial charge on any atom is 0.347 e. The Morgan fingerprint density at radius 2 is 1.92 bits per heavy atom. The van der Waals surface area contributed by atoms with Crippen LogP contribution in [0.1, 0.15) is 11.7 Å². The van der Waals surface area contributed by atoms with Crippen molar-refractivity contribution in [1.82, 2.24) is 14.9 Å². The van der Waals surface area contributed by atoms with Gasteiger partial charge in [0.05, 0.1) is 12.2 Å². The highest BCUT2D eigenvalue weighted by molar-refractivity contribution is 5.86. The number of aromatic nitrogens is 2. The monoisotopic (exact) mass is 350 g/mol. The highest BCUT2D eigenvalue weighted by Gasteiger charge is 2.26. The standard InChI is InChI=1S/C15H15FN4O5/c16-9-7-20(15(25)19-12(9)21)11(14(23)24)18-13(22)10(17)6-8-4-2-1-3-5-8/h1-5,7,10-11H,6,17H2,(H,18,22)(H,23,24)(H,19,21,25)/t10-,11+/m0/s1. The predicted octanol–water partition coefficient (Wildman–Crippen LogP) is -1.05. The second-order valence-corrected chi connectivity index (χ2v) is 5.19. The second kappa shape index (κ2) is 7.53. The van der Waals surface area contributed by atoms with Crippen LogP contribution in [0.5, 0.6) is 0 Å².